The largest absolute Gasteiger partial charge is 0.497 e. The second-order valence-corrected chi connectivity index (χ2v) is 8.95. The van der Waals surface area contributed by atoms with Crippen LogP contribution in [0.4, 0.5) is 19.0 Å². The van der Waals surface area contributed by atoms with Gasteiger partial charge in [-0.15, -0.1) is 0 Å². The predicted octanol–water partition coefficient (Wildman–Crippen LogP) is 3.72. The maximum Gasteiger partial charge on any atom is 0.433 e. The summed E-state index contributed by atoms with van der Waals surface area (Å²) in [7, 11) is 0.301. The molecule has 0 saturated carbocycles. The number of aryl methyl sites for hydroxylation is 1. The summed E-state index contributed by atoms with van der Waals surface area (Å²) in [5, 5.41) is 0. The summed E-state index contributed by atoms with van der Waals surface area (Å²) in [5.41, 5.74) is 0.145. The zero-order chi connectivity index (χ0) is 23.6. The van der Waals surface area contributed by atoms with E-state index in [2.05, 4.69) is 19.9 Å². The van der Waals surface area contributed by atoms with E-state index in [1.807, 2.05) is 10.4 Å². The van der Waals surface area contributed by atoms with Gasteiger partial charge in [-0.05, 0) is 43.3 Å². The van der Waals surface area contributed by atoms with Crippen molar-refractivity contribution in [2.75, 3.05) is 38.2 Å². The van der Waals surface area contributed by atoms with Crippen LogP contribution in [0.25, 0.3) is 11.4 Å². The summed E-state index contributed by atoms with van der Waals surface area (Å²) < 4.78 is 58.3. The van der Waals surface area contributed by atoms with Crippen molar-refractivity contribution >= 4 is 16.8 Å². The van der Waals surface area contributed by atoms with E-state index in [1.54, 1.807) is 38.3 Å². The number of hydrogen-bond acceptors (Lipinski definition) is 6. The number of pyridine rings is 1. The van der Waals surface area contributed by atoms with Gasteiger partial charge in [-0.1, -0.05) is 0 Å². The van der Waals surface area contributed by atoms with E-state index in [4.69, 9.17) is 4.74 Å². The Labute approximate surface area is 191 Å². The summed E-state index contributed by atoms with van der Waals surface area (Å²) in [6.07, 6.45) is -3.36. The van der Waals surface area contributed by atoms with Gasteiger partial charge in [0.1, 0.15) is 28.2 Å². The van der Waals surface area contributed by atoms with Gasteiger partial charge in [0, 0.05) is 49.7 Å². The molecule has 1 aromatic carbocycles. The number of piperazine rings is 1. The molecule has 0 bridgehead atoms. The van der Waals surface area contributed by atoms with Crippen LogP contribution in [0.1, 0.15) is 11.4 Å². The molecule has 1 unspecified atom stereocenters. The van der Waals surface area contributed by atoms with E-state index in [9.17, 15) is 17.4 Å². The van der Waals surface area contributed by atoms with Crippen molar-refractivity contribution in [1.29, 1.82) is 0 Å². The molecule has 0 amide bonds. The number of halogens is 3. The second-order valence-electron chi connectivity index (χ2n) is 7.46. The first-order valence-electron chi connectivity index (χ1n) is 10.2. The van der Waals surface area contributed by atoms with Gasteiger partial charge in [-0.25, -0.2) is 18.5 Å². The van der Waals surface area contributed by atoms with Crippen LogP contribution >= 0.6 is 0 Å². The minimum absolute atomic E-state index is 0.315. The lowest BCUT2D eigenvalue weighted by Crippen LogP contribution is -2.47. The molecule has 1 saturated heterocycles. The number of alkyl halides is 3. The zero-order valence-corrected chi connectivity index (χ0v) is 18.9. The summed E-state index contributed by atoms with van der Waals surface area (Å²) in [4.78, 5) is 15.2. The van der Waals surface area contributed by atoms with Crippen molar-refractivity contribution in [3.8, 4) is 17.1 Å². The van der Waals surface area contributed by atoms with Crippen LogP contribution in [0, 0.1) is 6.92 Å². The van der Waals surface area contributed by atoms with Crippen molar-refractivity contribution in [2.45, 2.75) is 18.0 Å². The molecule has 3 heterocycles. The number of aromatic nitrogens is 3. The minimum Gasteiger partial charge on any atom is -0.497 e. The quantitative estimate of drug-likeness (QED) is 0.558. The molecule has 33 heavy (non-hydrogen) atoms. The lowest BCUT2D eigenvalue weighted by Gasteiger charge is -2.34. The first kappa shape index (κ1) is 23.1. The second kappa shape index (κ2) is 9.44. The molecule has 0 N–H and O–H groups in total. The molecule has 11 heteroatoms. The zero-order valence-electron chi connectivity index (χ0n) is 18.0. The molecule has 0 radical (unpaired) electrons. The average Bonchev–Trinajstić information content (AvgIpc) is 2.83. The van der Waals surface area contributed by atoms with Gasteiger partial charge in [-0.2, -0.15) is 13.2 Å². The molecule has 1 aliphatic heterocycles. The van der Waals surface area contributed by atoms with Gasteiger partial charge in [0.2, 0.25) is 0 Å². The number of benzene rings is 1. The summed E-state index contributed by atoms with van der Waals surface area (Å²) in [6, 6.07) is 11.2. The minimum atomic E-state index is -4.50. The lowest BCUT2D eigenvalue weighted by molar-refractivity contribution is -0.141. The molecule has 7 nitrogen and oxygen atoms in total. The monoisotopic (exact) mass is 477 g/mol. The Morgan fingerprint density at radius 2 is 1.70 bits per heavy atom. The molecule has 4 rings (SSSR count). The first-order valence-corrected chi connectivity index (χ1v) is 11.3. The van der Waals surface area contributed by atoms with E-state index in [-0.39, 0.29) is 0 Å². The maximum absolute atomic E-state index is 12.9. The number of ether oxygens (including phenoxy) is 1. The van der Waals surface area contributed by atoms with Crippen molar-refractivity contribution in [1.82, 2.24) is 19.3 Å². The fourth-order valence-electron chi connectivity index (χ4n) is 3.46. The SMILES string of the molecule is COc1ccc(S(=O)N2CCN(c3cc(C)nc(-c4ccc(C(F)(F)F)nc4)n3)CC2)cc1. The highest BCUT2D eigenvalue weighted by Crippen LogP contribution is 2.29. The van der Waals surface area contributed by atoms with Crippen LogP contribution in [0.5, 0.6) is 5.75 Å². The highest BCUT2D eigenvalue weighted by molar-refractivity contribution is 7.82. The fourth-order valence-corrected chi connectivity index (χ4v) is 4.62. The van der Waals surface area contributed by atoms with Crippen molar-refractivity contribution in [2.24, 2.45) is 0 Å². The number of methoxy groups -OCH3 is 1. The Morgan fingerprint density at radius 3 is 2.27 bits per heavy atom. The molecule has 1 fully saturated rings. The summed E-state index contributed by atoms with van der Waals surface area (Å²) >= 11 is 0. The summed E-state index contributed by atoms with van der Waals surface area (Å²) in [5.74, 6) is 1.70. The van der Waals surface area contributed by atoms with Gasteiger partial charge >= 0.3 is 6.18 Å². The Balaban J connectivity index is 1.46. The number of hydrogen-bond donors (Lipinski definition) is 0. The average molecular weight is 478 g/mol. The third-order valence-corrected chi connectivity index (χ3v) is 6.72. The highest BCUT2D eigenvalue weighted by Gasteiger charge is 2.32. The Morgan fingerprint density at radius 1 is 1.00 bits per heavy atom. The highest BCUT2D eigenvalue weighted by atomic mass is 32.2. The molecule has 2 aromatic heterocycles. The van der Waals surface area contributed by atoms with E-state index in [0.717, 1.165) is 12.3 Å². The van der Waals surface area contributed by atoms with Crippen LogP contribution in [0.3, 0.4) is 0 Å². The number of rotatable bonds is 5. The van der Waals surface area contributed by atoms with Gasteiger partial charge in [0.05, 0.1) is 12.0 Å². The van der Waals surface area contributed by atoms with Gasteiger partial charge in [0.15, 0.2) is 5.82 Å². The van der Waals surface area contributed by atoms with Crippen molar-refractivity contribution < 1.29 is 22.1 Å². The van der Waals surface area contributed by atoms with E-state index in [0.29, 0.717) is 59.7 Å². The van der Waals surface area contributed by atoms with E-state index >= 15 is 0 Å². The molecule has 0 aliphatic carbocycles. The van der Waals surface area contributed by atoms with E-state index < -0.39 is 22.9 Å². The van der Waals surface area contributed by atoms with Gasteiger partial charge < -0.3 is 9.64 Å². The van der Waals surface area contributed by atoms with Crippen LogP contribution in [0.2, 0.25) is 0 Å². The smallest absolute Gasteiger partial charge is 0.433 e. The molecular weight excluding hydrogens is 455 g/mol. The van der Waals surface area contributed by atoms with E-state index in [1.165, 1.54) is 6.07 Å². The molecule has 174 valence electrons. The normalized spacial score (nSPS) is 16.0. The third-order valence-electron chi connectivity index (χ3n) is 5.21. The van der Waals surface area contributed by atoms with Crippen molar-refractivity contribution in [3.63, 3.8) is 0 Å². The Hall–Kier alpha value is -3.05. The number of nitrogens with zero attached hydrogens (tertiary/aromatic N) is 5. The third kappa shape index (κ3) is 5.31. The van der Waals surface area contributed by atoms with Gasteiger partial charge in [-0.3, -0.25) is 4.98 Å². The lowest BCUT2D eigenvalue weighted by atomic mass is 10.2. The number of anilines is 1. The van der Waals surface area contributed by atoms with Crippen LogP contribution in [0.15, 0.2) is 53.6 Å². The fraction of sp³-hybridized carbons (Fsp3) is 0.318. The molecule has 3 aromatic rings. The Bertz CT molecular complexity index is 1130. The van der Waals surface area contributed by atoms with Gasteiger partial charge in [0.25, 0.3) is 0 Å². The van der Waals surface area contributed by atoms with Crippen molar-refractivity contribution in [3.05, 3.63) is 60.0 Å². The maximum atomic E-state index is 12.9. The standard InChI is InChI=1S/C22H22F3N5O2S/c1-15-13-20(28-21(27-15)16-3-8-19(26-14-16)22(23,24)25)29-9-11-30(12-10-29)33(31)18-6-4-17(32-2)5-7-18/h3-8,13-14H,9-12H2,1-2H3. The topological polar surface area (TPSA) is 71.5 Å². The first-order chi connectivity index (χ1) is 15.7. The summed E-state index contributed by atoms with van der Waals surface area (Å²) in [6.45, 7) is 4.14. The Kier molecular flexibility index (Phi) is 6.61. The van der Waals surface area contributed by atoms with Crippen LogP contribution in [-0.4, -0.2) is 56.8 Å². The van der Waals surface area contributed by atoms with Crippen LogP contribution in [-0.2, 0) is 17.2 Å². The molecule has 1 atom stereocenters. The molecule has 1 aliphatic rings. The molecule has 0 spiro atoms. The van der Waals surface area contributed by atoms with Crippen LogP contribution < -0.4 is 9.64 Å². The molecular formula is C22H22F3N5O2S. The predicted molar refractivity (Wildman–Crippen MR) is 118 cm³/mol.